The lowest BCUT2D eigenvalue weighted by Gasteiger charge is -2.29. The highest BCUT2D eigenvalue weighted by Crippen LogP contribution is 2.47. The molecule has 1 saturated carbocycles. The summed E-state index contributed by atoms with van der Waals surface area (Å²) in [5.74, 6) is 1.68. The number of ether oxygens (including phenoxy) is 2. The van der Waals surface area contributed by atoms with E-state index in [2.05, 4.69) is 41.9 Å². The SMILES string of the molecule is CC1(C)COc2cc(C3(CN)CCCC3)cc(Br)c2OC1. The Kier molecular flexibility index (Phi) is 3.95. The number of halogens is 1. The molecule has 1 aliphatic carbocycles. The maximum atomic E-state index is 6.11. The highest BCUT2D eigenvalue weighted by atomic mass is 79.9. The van der Waals surface area contributed by atoms with Gasteiger partial charge in [-0.15, -0.1) is 0 Å². The van der Waals surface area contributed by atoms with Crippen LogP contribution in [0, 0.1) is 5.41 Å². The Morgan fingerprint density at radius 2 is 1.81 bits per heavy atom. The Balaban J connectivity index is 2.00. The average molecular weight is 354 g/mol. The normalized spacial score (nSPS) is 22.9. The lowest BCUT2D eigenvalue weighted by molar-refractivity contribution is 0.140. The van der Waals surface area contributed by atoms with Crippen LogP contribution in [0.15, 0.2) is 16.6 Å². The van der Waals surface area contributed by atoms with Crippen molar-refractivity contribution in [2.45, 2.75) is 44.9 Å². The quantitative estimate of drug-likeness (QED) is 0.873. The summed E-state index contributed by atoms with van der Waals surface area (Å²) in [6.07, 6.45) is 4.86. The maximum Gasteiger partial charge on any atom is 0.175 e. The molecule has 21 heavy (non-hydrogen) atoms. The lowest BCUT2D eigenvalue weighted by atomic mass is 9.79. The summed E-state index contributed by atoms with van der Waals surface area (Å²) in [4.78, 5) is 0. The Bertz CT molecular complexity index is 536. The van der Waals surface area contributed by atoms with Gasteiger partial charge >= 0.3 is 0 Å². The minimum atomic E-state index is 0.0253. The second kappa shape index (κ2) is 5.47. The minimum absolute atomic E-state index is 0.0253. The van der Waals surface area contributed by atoms with Gasteiger partial charge in [0.1, 0.15) is 0 Å². The van der Waals surface area contributed by atoms with Crippen LogP contribution in [-0.4, -0.2) is 19.8 Å². The molecule has 1 fully saturated rings. The van der Waals surface area contributed by atoms with E-state index >= 15 is 0 Å². The van der Waals surface area contributed by atoms with Crippen molar-refractivity contribution in [1.82, 2.24) is 0 Å². The lowest BCUT2D eigenvalue weighted by Crippen LogP contribution is -2.32. The van der Waals surface area contributed by atoms with Crippen LogP contribution in [0.3, 0.4) is 0 Å². The van der Waals surface area contributed by atoms with E-state index in [1.165, 1.54) is 31.2 Å². The van der Waals surface area contributed by atoms with Crippen molar-refractivity contribution in [3.8, 4) is 11.5 Å². The van der Waals surface area contributed by atoms with Gasteiger partial charge in [0.15, 0.2) is 11.5 Å². The Morgan fingerprint density at radius 1 is 1.14 bits per heavy atom. The van der Waals surface area contributed by atoms with Crippen molar-refractivity contribution >= 4 is 15.9 Å². The zero-order valence-electron chi connectivity index (χ0n) is 12.9. The Hall–Kier alpha value is -0.740. The molecule has 0 bridgehead atoms. The molecule has 0 amide bonds. The van der Waals surface area contributed by atoms with E-state index in [1.54, 1.807) is 0 Å². The molecule has 1 aromatic rings. The summed E-state index contributed by atoms with van der Waals surface area (Å²) < 4.78 is 13.0. The molecule has 0 radical (unpaired) electrons. The molecule has 0 aromatic heterocycles. The van der Waals surface area contributed by atoms with Crippen molar-refractivity contribution in [1.29, 1.82) is 0 Å². The van der Waals surface area contributed by atoms with E-state index in [0.29, 0.717) is 19.8 Å². The number of hydrogen-bond acceptors (Lipinski definition) is 3. The highest BCUT2D eigenvalue weighted by molar-refractivity contribution is 9.10. The smallest absolute Gasteiger partial charge is 0.175 e. The maximum absolute atomic E-state index is 6.11. The third kappa shape index (κ3) is 2.80. The Labute approximate surface area is 135 Å². The molecule has 3 rings (SSSR count). The van der Waals surface area contributed by atoms with E-state index < -0.39 is 0 Å². The molecule has 2 aliphatic rings. The Morgan fingerprint density at radius 3 is 2.48 bits per heavy atom. The summed E-state index contributed by atoms with van der Waals surface area (Å²) >= 11 is 3.66. The first-order chi connectivity index (χ1) is 9.96. The van der Waals surface area contributed by atoms with Gasteiger partial charge in [-0.3, -0.25) is 0 Å². The first-order valence-electron chi connectivity index (χ1n) is 7.76. The molecule has 0 saturated heterocycles. The second-order valence-electron chi connectivity index (χ2n) is 7.22. The van der Waals surface area contributed by atoms with Gasteiger partial charge in [0, 0.05) is 17.4 Å². The molecular weight excluding hydrogens is 330 g/mol. The molecule has 116 valence electrons. The molecule has 2 N–H and O–H groups in total. The van der Waals surface area contributed by atoms with E-state index in [9.17, 15) is 0 Å². The van der Waals surface area contributed by atoms with Gasteiger partial charge in [0.25, 0.3) is 0 Å². The van der Waals surface area contributed by atoms with Crippen molar-refractivity contribution in [2.75, 3.05) is 19.8 Å². The van der Waals surface area contributed by atoms with Crippen LogP contribution in [0.1, 0.15) is 45.1 Å². The van der Waals surface area contributed by atoms with Crippen LogP contribution in [-0.2, 0) is 5.41 Å². The largest absolute Gasteiger partial charge is 0.489 e. The van der Waals surface area contributed by atoms with Gasteiger partial charge in [-0.05, 0) is 46.5 Å². The van der Waals surface area contributed by atoms with Gasteiger partial charge in [-0.2, -0.15) is 0 Å². The first-order valence-corrected chi connectivity index (χ1v) is 8.55. The number of fused-ring (bicyclic) bond motifs is 1. The van der Waals surface area contributed by atoms with E-state index in [4.69, 9.17) is 15.2 Å². The van der Waals surface area contributed by atoms with E-state index in [-0.39, 0.29) is 10.8 Å². The van der Waals surface area contributed by atoms with Crippen LogP contribution in [0.25, 0.3) is 0 Å². The summed E-state index contributed by atoms with van der Waals surface area (Å²) in [5.41, 5.74) is 7.54. The average Bonchev–Trinajstić information content (AvgIpc) is 2.88. The summed E-state index contributed by atoms with van der Waals surface area (Å²) in [6.45, 7) is 6.36. The summed E-state index contributed by atoms with van der Waals surface area (Å²) in [5, 5.41) is 0. The third-order valence-corrected chi connectivity index (χ3v) is 5.39. The van der Waals surface area contributed by atoms with E-state index in [1.807, 2.05) is 0 Å². The van der Waals surface area contributed by atoms with Crippen LogP contribution in [0.4, 0.5) is 0 Å². The predicted octanol–water partition coefficient (Wildman–Crippen LogP) is 4.02. The molecular formula is C17H24BrNO2. The highest BCUT2D eigenvalue weighted by Gasteiger charge is 2.36. The fourth-order valence-electron chi connectivity index (χ4n) is 3.37. The van der Waals surface area contributed by atoms with Gasteiger partial charge < -0.3 is 15.2 Å². The van der Waals surface area contributed by atoms with Crippen molar-refractivity contribution in [3.63, 3.8) is 0 Å². The molecule has 1 aliphatic heterocycles. The van der Waals surface area contributed by atoms with Crippen LogP contribution >= 0.6 is 15.9 Å². The van der Waals surface area contributed by atoms with Crippen LogP contribution in [0.2, 0.25) is 0 Å². The van der Waals surface area contributed by atoms with Crippen molar-refractivity contribution < 1.29 is 9.47 Å². The fourth-order valence-corrected chi connectivity index (χ4v) is 3.92. The zero-order chi connectivity index (χ0) is 15.1. The summed E-state index contributed by atoms with van der Waals surface area (Å²) in [7, 11) is 0. The van der Waals surface area contributed by atoms with Crippen LogP contribution in [0.5, 0.6) is 11.5 Å². The standard InChI is InChI=1S/C17H24BrNO2/c1-16(2)10-20-14-8-12(7-13(18)15(14)21-11-16)17(9-19)5-3-4-6-17/h7-8H,3-6,9-11,19H2,1-2H3. The number of nitrogens with two attached hydrogens (primary N) is 1. The van der Waals surface area contributed by atoms with Gasteiger partial charge in [-0.25, -0.2) is 0 Å². The topological polar surface area (TPSA) is 44.5 Å². The number of rotatable bonds is 2. The van der Waals surface area contributed by atoms with E-state index in [0.717, 1.165) is 16.0 Å². The molecule has 0 atom stereocenters. The number of benzene rings is 1. The number of hydrogen-bond donors (Lipinski definition) is 1. The molecule has 1 heterocycles. The zero-order valence-corrected chi connectivity index (χ0v) is 14.5. The molecule has 4 heteroatoms. The molecule has 0 unspecified atom stereocenters. The molecule has 1 aromatic carbocycles. The fraction of sp³-hybridized carbons (Fsp3) is 0.647. The van der Waals surface area contributed by atoms with Crippen molar-refractivity contribution in [3.05, 3.63) is 22.2 Å². The van der Waals surface area contributed by atoms with Crippen LogP contribution < -0.4 is 15.2 Å². The predicted molar refractivity (Wildman–Crippen MR) is 88.1 cm³/mol. The second-order valence-corrected chi connectivity index (χ2v) is 8.07. The molecule has 3 nitrogen and oxygen atoms in total. The summed E-state index contributed by atoms with van der Waals surface area (Å²) in [6, 6.07) is 4.33. The first kappa shape index (κ1) is 15.2. The van der Waals surface area contributed by atoms with Gasteiger partial charge in [0.2, 0.25) is 0 Å². The monoisotopic (exact) mass is 353 g/mol. The molecule has 0 spiro atoms. The third-order valence-electron chi connectivity index (χ3n) is 4.80. The van der Waals surface area contributed by atoms with Gasteiger partial charge in [-0.1, -0.05) is 26.7 Å². The van der Waals surface area contributed by atoms with Crippen molar-refractivity contribution in [2.24, 2.45) is 11.1 Å². The minimum Gasteiger partial charge on any atom is -0.489 e. The van der Waals surface area contributed by atoms with Gasteiger partial charge in [0.05, 0.1) is 17.7 Å².